The summed E-state index contributed by atoms with van der Waals surface area (Å²) in [5, 5.41) is 0.217. The maximum absolute atomic E-state index is 5.20. The first-order valence-electron chi connectivity index (χ1n) is 3.03. The molecule has 0 bridgehead atoms. The van der Waals surface area contributed by atoms with Crippen molar-refractivity contribution in [1.29, 1.82) is 0 Å². The molecule has 2 heteroatoms. The van der Waals surface area contributed by atoms with Gasteiger partial charge in [0.25, 0.3) is 0 Å². The molecule has 0 radical (unpaired) electrons. The van der Waals surface area contributed by atoms with Crippen molar-refractivity contribution < 1.29 is 4.74 Å². The van der Waals surface area contributed by atoms with Crippen molar-refractivity contribution >= 4 is 15.9 Å². The number of hydrogen-bond acceptors (Lipinski definition) is 1. The van der Waals surface area contributed by atoms with E-state index in [1.807, 2.05) is 6.92 Å². The topological polar surface area (TPSA) is 9.23 Å². The Hall–Kier alpha value is 0.440. The van der Waals surface area contributed by atoms with E-state index in [4.69, 9.17) is 4.74 Å². The van der Waals surface area contributed by atoms with E-state index in [1.54, 1.807) is 0 Å². The fourth-order valence-electron chi connectivity index (χ4n) is 0.390. The van der Waals surface area contributed by atoms with Crippen molar-refractivity contribution in [1.82, 2.24) is 0 Å². The summed E-state index contributed by atoms with van der Waals surface area (Å²) in [5.41, 5.74) is 0. The summed E-state index contributed by atoms with van der Waals surface area (Å²) in [5.74, 6) is 0. The monoisotopic (exact) mass is 180 g/mol. The molecule has 8 heavy (non-hydrogen) atoms. The van der Waals surface area contributed by atoms with Gasteiger partial charge in [-0.2, -0.15) is 0 Å². The smallest absolute Gasteiger partial charge is 0.109 e. The lowest BCUT2D eigenvalue weighted by atomic mass is 10.4. The second kappa shape index (κ2) is 5.57. The zero-order valence-electron chi connectivity index (χ0n) is 5.48. The van der Waals surface area contributed by atoms with Gasteiger partial charge in [0.15, 0.2) is 0 Å². The highest BCUT2D eigenvalue weighted by Gasteiger charge is 1.90. The molecule has 0 saturated heterocycles. The molecule has 0 rings (SSSR count). The van der Waals surface area contributed by atoms with Gasteiger partial charge in [0.05, 0.1) is 0 Å². The number of unbranched alkanes of at least 4 members (excludes halogenated alkanes) is 1. The van der Waals surface area contributed by atoms with Gasteiger partial charge in [-0.1, -0.05) is 29.3 Å². The molecule has 1 atom stereocenters. The summed E-state index contributed by atoms with van der Waals surface area (Å²) in [7, 11) is 0. The Morgan fingerprint density at radius 1 is 1.62 bits per heavy atom. The lowest BCUT2D eigenvalue weighted by Gasteiger charge is -2.02. The molecule has 1 unspecified atom stereocenters. The molecule has 0 aromatic rings. The highest BCUT2D eigenvalue weighted by Crippen LogP contribution is 2.00. The van der Waals surface area contributed by atoms with Crippen LogP contribution in [0.1, 0.15) is 26.7 Å². The van der Waals surface area contributed by atoms with Gasteiger partial charge in [-0.3, -0.25) is 0 Å². The zero-order chi connectivity index (χ0) is 6.41. The average molecular weight is 181 g/mol. The Balaban J connectivity index is 2.72. The Bertz CT molecular complexity index is 45.8. The van der Waals surface area contributed by atoms with E-state index < -0.39 is 0 Å². The van der Waals surface area contributed by atoms with Crippen LogP contribution in [0.4, 0.5) is 0 Å². The third kappa shape index (κ3) is 6.44. The van der Waals surface area contributed by atoms with Crippen LogP contribution in [0.15, 0.2) is 0 Å². The molecule has 0 aromatic heterocycles. The fraction of sp³-hybridized carbons (Fsp3) is 1.00. The molecule has 0 spiro atoms. The summed E-state index contributed by atoms with van der Waals surface area (Å²) in [6.45, 7) is 5.01. The van der Waals surface area contributed by atoms with Gasteiger partial charge in [0, 0.05) is 6.61 Å². The lowest BCUT2D eigenvalue weighted by molar-refractivity contribution is 0.125. The van der Waals surface area contributed by atoms with E-state index in [0.717, 1.165) is 13.0 Å². The number of hydrogen-bond donors (Lipinski definition) is 0. The van der Waals surface area contributed by atoms with Crippen LogP contribution in [0.5, 0.6) is 0 Å². The fourth-order valence-corrected chi connectivity index (χ4v) is 0.577. The minimum absolute atomic E-state index is 0.217. The van der Waals surface area contributed by atoms with E-state index >= 15 is 0 Å². The van der Waals surface area contributed by atoms with Crippen LogP contribution in [0.3, 0.4) is 0 Å². The molecular weight excluding hydrogens is 168 g/mol. The van der Waals surface area contributed by atoms with E-state index in [1.165, 1.54) is 6.42 Å². The van der Waals surface area contributed by atoms with Gasteiger partial charge in [-0.05, 0) is 13.3 Å². The highest BCUT2D eigenvalue weighted by atomic mass is 79.9. The highest BCUT2D eigenvalue weighted by molar-refractivity contribution is 9.09. The van der Waals surface area contributed by atoms with Crippen molar-refractivity contribution in [2.24, 2.45) is 0 Å². The van der Waals surface area contributed by atoms with Crippen LogP contribution in [-0.2, 0) is 4.74 Å². The minimum Gasteiger partial charge on any atom is -0.367 e. The molecule has 0 heterocycles. The third-order valence-electron chi connectivity index (χ3n) is 0.845. The summed E-state index contributed by atoms with van der Waals surface area (Å²) in [6, 6.07) is 0. The maximum atomic E-state index is 5.20. The first kappa shape index (κ1) is 8.44. The summed E-state index contributed by atoms with van der Waals surface area (Å²) < 4.78 is 5.20. The predicted molar refractivity (Wildman–Crippen MR) is 39.2 cm³/mol. The van der Waals surface area contributed by atoms with Crippen LogP contribution in [0.2, 0.25) is 0 Å². The Morgan fingerprint density at radius 3 is 2.62 bits per heavy atom. The number of ether oxygens (including phenoxy) is 1. The predicted octanol–water partition coefficient (Wildman–Crippen LogP) is 2.54. The van der Waals surface area contributed by atoms with Crippen molar-refractivity contribution in [3.8, 4) is 0 Å². The van der Waals surface area contributed by atoms with Gasteiger partial charge < -0.3 is 4.74 Å². The molecule has 0 aliphatic heterocycles. The molecule has 0 aliphatic carbocycles. The van der Waals surface area contributed by atoms with Crippen molar-refractivity contribution in [3.63, 3.8) is 0 Å². The van der Waals surface area contributed by atoms with Crippen LogP contribution in [0, 0.1) is 0 Å². The number of alkyl halides is 1. The molecule has 0 fully saturated rings. The zero-order valence-corrected chi connectivity index (χ0v) is 7.07. The van der Waals surface area contributed by atoms with Gasteiger partial charge in [0.2, 0.25) is 0 Å². The number of rotatable bonds is 4. The van der Waals surface area contributed by atoms with Crippen molar-refractivity contribution in [2.75, 3.05) is 6.61 Å². The molecule has 0 aliphatic rings. The second-order valence-corrected chi connectivity index (χ2v) is 3.06. The van der Waals surface area contributed by atoms with E-state index in [0.29, 0.717) is 0 Å². The van der Waals surface area contributed by atoms with Crippen LogP contribution >= 0.6 is 15.9 Å². The Morgan fingerprint density at radius 2 is 2.25 bits per heavy atom. The van der Waals surface area contributed by atoms with Crippen molar-refractivity contribution in [3.05, 3.63) is 0 Å². The standard InChI is InChI=1S/C6H13BrO/c1-3-4-5-8-6(2)7/h6H,3-5H2,1-2H3. The van der Waals surface area contributed by atoms with E-state index in [-0.39, 0.29) is 5.01 Å². The molecule has 0 aromatic carbocycles. The molecule has 0 saturated carbocycles. The molecule has 0 N–H and O–H groups in total. The molecule has 50 valence electrons. The van der Waals surface area contributed by atoms with Gasteiger partial charge in [-0.15, -0.1) is 0 Å². The van der Waals surface area contributed by atoms with Crippen molar-refractivity contribution in [2.45, 2.75) is 31.7 Å². The first-order valence-corrected chi connectivity index (χ1v) is 3.94. The SMILES string of the molecule is CCCCOC(C)Br. The second-order valence-electron chi connectivity index (χ2n) is 1.77. The van der Waals surface area contributed by atoms with E-state index in [9.17, 15) is 0 Å². The van der Waals surface area contributed by atoms with Gasteiger partial charge in [0.1, 0.15) is 5.01 Å². The summed E-state index contributed by atoms with van der Waals surface area (Å²) >= 11 is 3.28. The summed E-state index contributed by atoms with van der Waals surface area (Å²) in [4.78, 5) is 0. The van der Waals surface area contributed by atoms with Crippen LogP contribution in [-0.4, -0.2) is 11.6 Å². The van der Waals surface area contributed by atoms with Crippen LogP contribution < -0.4 is 0 Å². The Labute approximate surface area is 59.5 Å². The minimum atomic E-state index is 0.217. The lowest BCUT2D eigenvalue weighted by Crippen LogP contribution is -1.99. The quantitative estimate of drug-likeness (QED) is 0.478. The average Bonchev–Trinajstić information content (AvgIpc) is 1.66. The van der Waals surface area contributed by atoms with Crippen LogP contribution in [0.25, 0.3) is 0 Å². The summed E-state index contributed by atoms with van der Waals surface area (Å²) in [6.07, 6.45) is 2.37. The maximum Gasteiger partial charge on any atom is 0.109 e. The Kier molecular flexibility index (Phi) is 5.88. The number of halogens is 1. The largest absolute Gasteiger partial charge is 0.367 e. The third-order valence-corrected chi connectivity index (χ3v) is 1.11. The van der Waals surface area contributed by atoms with Gasteiger partial charge >= 0.3 is 0 Å². The first-order chi connectivity index (χ1) is 3.77. The van der Waals surface area contributed by atoms with Gasteiger partial charge in [-0.25, -0.2) is 0 Å². The molecule has 0 amide bonds. The normalized spacial score (nSPS) is 13.9. The molecule has 1 nitrogen and oxygen atoms in total. The van der Waals surface area contributed by atoms with E-state index in [2.05, 4.69) is 22.9 Å². The molecular formula is C6H13BrO.